The maximum Gasteiger partial charge on any atom is 0.271 e. The molecule has 7 heteroatoms. The van der Waals surface area contributed by atoms with Crippen molar-refractivity contribution in [2.24, 2.45) is 12.8 Å². The zero-order chi connectivity index (χ0) is 16.3. The Balaban J connectivity index is 2.05. The Labute approximate surface area is 134 Å². The fourth-order valence-corrected chi connectivity index (χ4v) is 2.23. The van der Waals surface area contributed by atoms with Gasteiger partial charge in [0.25, 0.3) is 5.91 Å². The highest BCUT2D eigenvalue weighted by molar-refractivity contribution is 7.80. The number of benzene rings is 1. The smallest absolute Gasteiger partial charge is 0.271 e. The van der Waals surface area contributed by atoms with E-state index in [9.17, 15) is 4.79 Å². The first kappa shape index (κ1) is 16.0. The predicted molar refractivity (Wildman–Crippen MR) is 92.1 cm³/mol. The van der Waals surface area contributed by atoms with Gasteiger partial charge in [0.05, 0.1) is 5.69 Å². The molecule has 0 saturated heterocycles. The summed E-state index contributed by atoms with van der Waals surface area (Å²) in [7, 11) is 1.71. The average molecular weight is 317 g/mol. The molecule has 0 spiro atoms. The highest BCUT2D eigenvalue weighted by Crippen LogP contribution is 2.18. The summed E-state index contributed by atoms with van der Waals surface area (Å²) in [6.45, 7) is 4.28. The Bertz CT molecular complexity index is 690. The molecule has 0 radical (unpaired) electrons. The Morgan fingerprint density at radius 1 is 1.27 bits per heavy atom. The minimum absolute atomic E-state index is 0.154. The largest absolute Gasteiger partial charge is 0.364 e. The second kappa shape index (κ2) is 6.57. The summed E-state index contributed by atoms with van der Waals surface area (Å²) < 4.78 is 1.50. The number of aromatic nitrogens is 2. The van der Waals surface area contributed by atoms with Crippen LogP contribution in [0.2, 0.25) is 0 Å². The van der Waals surface area contributed by atoms with E-state index in [0.29, 0.717) is 16.7 Å². The topological polar surface area (TPSA) is 85.0 Å². The van der Waals surface area contributed by atoms with Gasteiger partial charge in [-0.05, 0) is 35.8 Å². The number of hydrogen-bond acceptors (Lipinski definition) is 3. The van der Waals surface area contributed by atoms with Crippen LogP contribution < -0.4 is 16.4 Å². The molecule has 0 bridgehead atoms. The number of aryl methyl sites for hydroxylation is 1. The molecule has 0 saturated carbocycles. The summed E-state index contributed by atoms with van der Waals surface area (Å²) in [5.41, 5.74) is 8.04. The summed E-state index contributed by atoms with van der Waals surface area (Å²) >= 11 is 5.25. The number of hydrogen-bond donors (Lipinski definition) is 3. The van der Waals surface area contributed by atoms with Gasteiger partial charge in [-0.15, -0.1) is 0 Å². The van der Waals surface area contributed by atoms with E-state index in [2.05, 4.69) is 41.7 Å². The van der Waals surface area contributed by atoms with Gasteiger partial charge < -0.3 is 16.4 Å². The first-order valence-electron chi connectivity index (χ1n) is 6.88. The van der Waals surface area contributed by atoms with Gasteiger partial charge in [-0.2, -0.15) is 5.10 Å². The third-order valence-electron chi connectivity index (χ3n) is 3.15. The van der Waals surface area contributed by atoms with Crippen molar-refractivity contribution >= 4 is 34.6 Å². The summed E-state index contributed by atoms with van der Waals surface area (Å²) in [6.07, 6.45) is 1.65. The number of nitrogens with zero attached hydrogens (tertiary/aromatic N) is 2. The second-order valence-corrected chi connectivity index (χ2v) is 5.69. The van der Waals surface area contributed by atoms with E-state index >= 15 is 0 Å². The standard InChI is InChI=1S/C15H19N5OS/c1-9(2)10-4-6-11(7-5-10)17-15(22)18-12-8-20(3)19-13(12)14(16)21/h4-9H,1-3H3,(H2,16,21)(H2,17,18,22). The Hall–Kier alpha value is -2.41. The van der Waals surface area contributed by atoms with Crippen molar-refractivity contribution in [2.75, 3.05) is 10.6 Å². The lowest BCUT2D eigenvalue weighted by Gasteiger charge is -2.11. The maximum absolute atomic E-state index is 11.3. The first-order chi connectivity index (χ1) is 10.4. The molecule has 0 aliphatic carbocycles. The summed E-state index contributed by atoms with van der Waals surface area (Å²) in [5.74, 6) is -0.125. The Morgan fingerprint density at radius 2 is 1.91 bits per heavy atom. The summed E-state index contributed by atoms with van der Waals surface area (Å²) in [6, 6.07) is 8.02. The van der Waals surface area contributed by atoms with Crippen LogP contribution in [0.5, 0.6) is 0 Å². The van der Waals surface area contributed by atoms with E-state index in [1.165, 1.54) is 10.2 Å². The van der Waals surface area contributed by atoms with Crippen LogP contribution in [0.1, 0.15) is 35.8 Å². The number of nitrogens with two attached hydrogens (primary N) is 1. The third-order valence-corrected chi connectivity index (χ3v) is 3.35. The van der Waals surface area contributed by atoms with Crippen molar-refractivity contribution in [2.45, 2.75) is 19.8 Å². The molecule has 116 valence electrons. The molecular weight excluding hydrogens is 298 g/mol. The highest BCUT2D eigenvalue weighted by Gasteiger charge is 2.14. The van der Waals surface area contributed by atoms with Crippen LogP contribution in [-0.4, -0.2) is 20.8 Å². The second-order valence-electron chi connectivity index (χ2n) is 5.29. The Morgan fingerprint density at radius 3 is 2.45 bits per heavy atom. The van der Waals surface area contributed by atoms with Crippen LogP contribution in [0.3, 0.4) is 0 Å². The van der Waals surface area contributed by atoms with Gasteiger partial charge >= 0.3 is 0 Å². The molecule has 0 aliphatic rings. The molecule has 2 rings (SSSR count). The van der Waals surface area contributed by atoms with Crippen molar-refractivity contribution in [1.82, 2.24) is 9.78 Å². The van der Waals surface area contributed by atoms with Crippen LogP contribution in [0.25, 0.3) is 0 Å². The quantitative estimate of drug-likeness (QED) is 0.754. The van der Waals surface area contributed by atoms with Gasteiger partial charge in [-0.1, -0.05) is 26.0 Å². The van der Waals surface area contributed by atoms with Gasteiger partial charge in [-0.3, -0.25) is 9.48 Å². The average Bonchev–Trinajstić information content (AvgIpc) is 2.80. The molecular formula is C15H19N5OS. The SMILES string of the molecule is CC(C)c1ccc(NC(=S)Nc2cn(C)nc2C(N)=O)cc1. The molecule has 22 heavy (non-hydrogen) atoms. The van der Waals surface area contributed by atoms with E-state index in [1.807, 2.05) is 12.1 Å². The van der Waals surface area contributed by atoms with Crippen molar-refractivity contribution in [1.29, 1.82) is 0 Å². The molecule has 1 aromatic heterocycles. The lowest BCUT2D eigenvalue weighted by Crippen LogP contribution is -2.21. The van der Waals surface area contributed by atoms with Crippen LogP contribution >= 0.6 is 12.2 Å². The monoisotopic (exact) mass is 317 g/mol. The number of carbonyl (C=O) groups is 1. The van der Waals surface area contributed by atoms with E-state index in [0.717, 1.165) is 5.69 Å². The van der Waals surface area contributed by atoms with E-state index < -0.39 is 5.91 Å². The molecule has 0 unspecified atom stereocenters. The number of primary amides is 1. The molecule has 2 aromatic rings. The Kier molecular flexibility index (Phi) is 4.77. The molecule has 0 atom stereocenters. The van der Waals surface area contributed by atoms with E-state index in [4.69, 9.17) is 18.0 Å². The zero-order valence-corrected chi connectivity index (χ0v) is 13.6. The lowest BCUT2D eigenvalue weighted by atomic mass is 10.0. The lowest BCUT2D eigenvalue weighted by molar-refractivity contribution is 0.0995. The minimum atomic E-state index is -0.604. The molecule has 1 amide bonds. The first-order valence-corrected chi connectivity index (χ1v) is 7.29. The predicted octanol–water partition coefficient (Wildman–Crippen LogP) is 2.45. The van der Waals surface area contributed by atoms with Crippen molar-refractivity contribution in [3.63, 3.8) is 0 Å². The number of carbonyl (C=O) groups excluding carboxylic acids is 1. The van der Waals surface area contributed by atoms with Crippen LogP contribution in [0.15, 0.2) is 30.5 Å². The summed E-state index contributed by atoms with van der Waals surface area (Å²) in [5, 5.41) is 10.4. The fourth-order valence-electron chi connectivity index (χ4n) is 2.00. The highest BCUT2D eigenvalue weighted by atomic mass is 32.1. The van der Waals surface area contributed by atoms with Crippen molar-refractivity contribution in [3.05, 3.63) is 41.7 Å². The third kappa shape index (κ3) is 3.82. The van der Waals surface area contributed by atoms with Crippen LogP contribution in [0.4, 0.5) is 11.4 Å². The van der Waals surface area contributed by atoms with Crippen LogP contribution in [0, 0.1) is 0 Å². The molecule has 0 fully saturated rings. The zero-order valence-electron chi connectivity index (χ0n) is 12.8. The number of amides is 1. The number of thiocarbonyl (C=S) groups is 1. The molecule has 0 aliphatic heterocycles. The normalized spacial score (nSPS) is 10.5. The van der Waals surface area contributed by atoms with E-state index in [-0.39, 0.29) is 5.69 Å². The maximum atomic E-state index is 11.3. The number of nitrogens with one attached hydrogen (secondary N) is 2. The van der Waals surface area contributed by atoms with Gasteiger partial charge in [0.2, 0.25) is 0 Å². The van der Waals surface area contributed by atoms with Crippen molar-refractivity contribution in [3.8, 4) is 0 Å². The molecule has 6 nitrogen and oxygen atoms in total. The number of anilines is 2. The fraction of sp³-hybridized carbons (Fsp3) is 0.267. The molecule has 1 heterocycles. The van der Waals surface area contributed by atoms with Crippen molar-refractivity contribution < 1.29 is 4.79 Å². The minimum Gasteiger partial charge on any atom is -0.364 e. The van der Waals surface area contributed by atoms with Gasteiger partial charge in [0.1, 0.15) is 0 Å². The van der Waals surface area contributed by atoms with E-state index in [1.54, 1.807) is 13.2 Å². The number of rotatable bonds is 4. The molecule has 4 N–H and O–H groups in total. The van der Waals surface area contributed by atoms with Gasteiger partial charge in [0, 0.05) is 18.9 Å². The van der Waals surface area contributed by atoms with Gasteiger partial charge in [-0.25, -0.2) is 0 Å². The van der Waals surface area contributed by atoms with Gasteiger partial charge in [0.15, 0.2) is 10.8 Å². The molecule has 1 aromatic carbocycles. The summed E-state index contributed by atoms with van der Waals surface area (Å²) in [4.78, 5) is 11.3. The van der Waals surface area contributed by atoms with Crippen LogP contribution in [-0.2, 0) is 7.05 Å².